The summed E-state index contributed by atoms with van der Waals surface area (Å²) in [5, 5.41) is 0. The van der Waals surface area contributed by atoms with Crippen LogP contribution in [-0.2, 0) is 9.53 Å². The van der Waals surface area contributed by atoms with Crippen LogP contribution in [0.25, 0.3) is 0 Å². The van der Waals surface area contributed by atoms with Crippen molar-refractivity contribution in [3.8, 4) is 0 Å². The molecule has 2 atom stereocenters. The molecule has 1 saturated heterocycles. The first-order chi connectivity index (χ1) is 9.74. The van der Waals surface area contributed by atoms with Gasteiger partial charge in [0.2, 0.25) is 5.91 Å². The number of rotatable bonds is 2. The van der Waals surface area contributed by atoms with Crippen molar-refractivity contribution in [2.24, 2.45) is 5.92 Å². The molecule has 3 heteroatoms. The Kier molecular flexibility index (Phi) is 4.06. The summed E-state index contributed by atoms with van der Waals surface area (Å²) in [5.74, 6) is 0.607. The predicted octanol–water partition coefficient (Wildman–Crippen LogP) is 3.17. The Morgan fingerprint density at radius 2 is 1.85 bits per heavy atom. The highest BCUT2D eigenvalue weighted by Crippen LogP contribution is 2.30. The van der Waals surface area contributed by atoms with Crippen molar-refractivity contribution < 1.29 is 9.53 Å². The van der Waals surface area contributed by atoms with Gasteiger partial charge in [0.05, 0.1) is 12.6 Å². The van der Waals surface area contributed by atoms with Crippen molar-refractivity contribution in [1.82, 2.24) is 4.90 Å². The van der Waals surface area contributed by atoms with Crippen LogP contribution < -0.4 is 0 Å². The molecule has 20 heavy (non-hydrogen) atoms. The molecule has 2 unspecified atom stereocenters. The fraction of sp³-hybridized carbons (Fsp3) is 0.588. The highest BCUT2D eigenvalue weighted by Gasteiger charge is 2.33. The highest BCUT2D eigenvalue weighted by molar-refractivity contribution is 5.79. The Bertz CT molecular complexity index is 453. The molecule has 0 radical (unpaired) electrons. The van der Waals surface area contributed by atoms with Gasteiger partial charge in [0, 0.05) is 12.5 Å². The maximum atomic E-state index is 12.6. The van der Waals surface area contributed by atoms with E-state index in [9.17, 15) is 4.79 Å². The fourth-order valence-electron chi connectivity index (χ4n) is 3.41. The number of ether oxygens (including phenoxy) is 1. The topological polar surface area (TPSA) is 29.5 Å². The Morgan fingerprint density at radius 1 is 1.15 bits per heavy atom. The van der Waals surface area contributed by atoms with Gasteiger partial charge in [-0.05, 0) is 25.3 Å². The van der Waals surface area contributed by atoms with Crippen LogP contribution >= 0.6 is 0 Å². The summed E-state index contributed by atoms with van der Waals surface area (Å²) in [4.78, 5) is 14.6. The second-order valence-electron chi connectivity index (χ2n) is 6.07. The van der Waals surface area contributed by atoms with Crippen molar-refractivity contribution >= 4 is 5.91 Å². The molecule has 1 aliphatic carbocycles. The highest BCUT2D eigenvalue weighted by atomic mass is 16.5. The predicted molar refractivity (Wildman–Crippen MR) is 78.3 cm³/mol. The van der Waals surface area contributed by atoms with Gasteiger partial charge in [-0.25, -0.2) is 0 Å². The molecular formula is C17H23NO2. The third kappa shape index (κ3) is 2.88. The lowest BCUT2D eigenvalue weighted by Crippen LogP contribution is -2.47. The van der Waals surface area contributed by atoms with E-state index in [2.05, 4.69) is 19.1 Å². The molecule has 108 valence electrons. The molecule has 3 nitrogen and oxygen atoms in total. The minimum absolute atomic E-state index is 0.0188. The molecule has 1 saturated carbocycles. The van der Waals surface area contributed by atoms with E-state index in [0.29, 0.717) is 12.5 Å². The van der Waals surface area contributed by atoms with Crippen LogP contribution in [0.2, 0.25) is 0 Å². The average Bonchev–Trinajstić information content (AvgIpc) is 3.01. The molecule has 1 aliphatic heterocycles. The van der Waals surface area contributed by atoms with E-state index < -0.39 is 0 Å². The first kappa shape index (κ1) is 13.6. The van der Waals surface area contributed by atoms with E-state index in [0.717, 1.165) is 19.4 Å². The number of benzene rings is 1. The Hall–Kier alpha value is -1.35. The van der Waals surface area contributed by atoms with Crippen LogP contribution in [0.15, 0.2) is 30.3 Å². The summed E-state index contributed by atoms with van der Waals surface area (Å²) in [5.41, 5.74) is 1.17. The lowest BCUT2D eigenvalue weighted by molar-refractivity contribution is -0.148. The van der Waals surface area contributed by atoms with Gasteiger partial charge in [-0.3, -0.25) is 4.79 Å². The standard InChI is InChI=1S/C17H23NO2/c1-13-11-18(17(19)15-9-5-6-10-15)12-16(20-13)14-7-3-2-4-8-14/h2-4,7-8,13,15-16H,5-6,9-12H2,1H3. The minimum atomic E-state index is 0.0188. The Morgan fingerprint density at radius 3 is 2.55 bits per heavy atom. The second kappa shape index (κ2) is 5.96. The van der Waals surface area contributed by atoms with E-state index >= 15 is 0 Å². The van der Waals surface area contributed by atoms with Crippen LogP contribution in [0, 0.1) is 5.92 Å². The van der Waals surface area contributed by atoms with E-state index in [1.807, 2.05) is 23.1 Å². The maximum Gasteiger partial charge on any atom is 0.225 e. The average molecular weight is 273 g/mol. The van der Waals surface area contributed by atoms with Gasteiger partial charge >= 0.3 is 0 Å². The molecule has 2 aliphatic rings. The van der Waals surface area contributed by atoms with E-state index in [-0.39, 0.29) is 18.1 Å². The lowest BCUT2D eigenvalue weighted by atomic mass is 10.0. The molecule has 1 heterocycles. The zero-order valence-corrected chi connectivity index (χ0v) is 12.1. The zero-order valence-electron chi connectivity index (χ0n) is 12.1. The smallest absolute Gasteiger partial charge is 0.225 e. The third-order valence-corrected chi connectivity index (χ3v) is 4.45. The van der Waals surface area contributed by atoms with Crippen molar-refractivity contribution in [1.29, 1.82) is 0 Å². The van der Waals surface area contributed by atoms with Crippen LogP contribution in [0.1, 0.15) is 44.3 Å². The molecular weight excluding hydrogens is 250 g/mol. The molecule has 0 N–H and O–H groups in total. The molecule has 1 aromatic carbocycles. The first-order valence-electron chi connectivity index (χ1n) is 7.73. The van der Waals surface area contributed by atoms with Gasteiger partial charge in [-0.1, -0.05) is 43.2 Å². The Balaban J connectivity index is 1.71. The quantitative estimate of drug-likeness (QED) is 0.828. The number of hydrogen-bond acceptors (Lipinski definition) is 2. The van der Waals surface area contributed by atoms with Gasteiger partial charge in [-0.15, -0.1) is 0 Å². The van der Waals surface area contributed by atoms with E-state index in [1.165, 1.54) is 18.4 Å². The summed E-state index contributed by atoms with van der Waals surface area (Å²) in [7, 11) is 0. The van der Waals surface area contributed by atoms with Gasteiger partial charge in [-0.2, -0.15) is 0 Å². The van der Waals surface area contributed by atoms with Crippen LogP contribution in [0.3, 0.4) is 0 Å². The molecule has 0 bridgehead atoms. The SMILES string of the molecule is CC1CN(C(=O)C2CCCC2)CC(c2ccccc2)O1. The minimum Gasteiger partial charge on any atom is -0.367 e. The fourth-order valence-corrected chi connectivity index (χ4v) is 3.41. The van der Waals surface area contributed by atoms with Crippen molar-refractivity contribution in [3.63, 3.8) is 0 Å². The normalized spacial score (nSPS) is 27.8. The number of carbonyl (C=O) groups excluding carboxylic acids is 1. The monoisotopic (exact) mass is 273 g/mol. The summed E-state index contributed by atoms with van der Waals surface area (Å²) in [6.45, 7) is 3.49. The van der Waals surface area contributed by atoms with Crippen molar-refractivity contribution in [2.75, 3.05) is 13.1 Å². The number of morpholine rings is 1. The summed E-state index contributed by atoms with van der Waals surface area (Å²) in [6, 6.07) is 10.2. The molecule has 2 fully saturated rings. The van der Waals surface area contributed by atoms with E-state index in [4.69, 9.17) is 4.74 Å². The van der Waals surface area contributed by atoms with Gasteiger partial charge in [0.15, 0.2) is 0 Å². The van der Waals surface area contributed by atoms with E-state index in [1.54, 1.807) is 0 Å². The summed E-state index contributed by atoms with van der Waals surface area (Å²) < 4.78 is 6.02. The zero-order chi connectivity index (χ0) is 13.9. The third-order valence-electron chi connectivity index (χ3n) is 4.45. The van der Waals surface area contributed by atoms with Crippen molar-refractivity contribution in [2.45, 2.75) is 44.8 Å². The molecule has 0 spiro atoms. The molecule has 3 rings (SSSR count). The number of amides is 1. The maximum absolute atomic E-state index is 12.6. The Labute approximate surface area is 120 Å². The lowest BCUT2D eigenvalue weighted by Gasteiger charge is -2.38. The number of hydrogen-bond donors (Lipinski definition) is 0. The van der Waals surface area contributed by atoms with Gasteiger partial charge in [0.1, 0.15) is 6.10 Å². The van der Waals surface area contributed by atoms with Gasteiger partial charge in [0.25, 0.3) is 0 Å². The molecule has 0 aromatic heterocycles. The van der Waals surface area contributed by atoms with Crippen LogP contribution in [0.4, 0.5) is 0 Å². The summed E-state index contributed by atoms with van der Waals surface area (Å²) >= 11 is 0. The summed E-state index contributed by atoms with van der Waals surface area (Å²) in [6.07, 6.45) is 4.68. The van der Waals surface area contributed by atoms with Crippen LogP contribution in [0.5, 0.6) is 0 Å². The first-order valence-corrected chi connectivity index (χ1v) is 7.73. The number of carbonyl (C=O) groups is 1. The van der Waals surface area contributed by atoms with Crippen molar-refractivity contribution in [3.05, 3.63) is 35.9 Å². The largest absolute Gasteiger partial charge is 0.367 e. The number of nitrogens with zero attached hydrogens (tertiary/aromatic N) is 1. The molecule has 1 amide bonds. The molecule has 1 aromatic rings. The van der Waals surface area contributed by atoms with Gasteiger partial charge < -0.3 is 9.64 Å². The second-order valence-corrected chi connectivity index (χ2v) is 6.07. The van der Waals surface area contributed by atoms with Crippen LogP contribution in [-0.4, -0.2) is 30.0 Å².